The van der Waals surface area contributed by atoms with Gasteiger partial charge in [-0.2, -0.15) is 0 Å². The lowest BCUT2D eigenvalue weighted by Crippen LogP contribution is -1.78. The van der Waals surface area contributed by atoms with Crippen molar-refractivity contribution in [2.75, 3.05) is 0 Å². The molecule has 3 heteroatoms. The van der Waals surface area contributed by atoms with Crippen molar-refractivity contribution in [2.24, 2.45) is 0 Å². The third-order valence-corrected chi connectivity index (χ3v) is 6.61. The summed E-state index contributed by atoms with van der Waals surface area (Å²) in [6.07, 6.45) is 0. The zero-order valence-electron chi connectivity index (χ0n) is 14.2. The lowest BCUT2D eigenvalue weighted by atomic mass is 10.0. The van der Waals surface area contributed by atoms with Crippen LogP contribution in [0.3, 0.4) is 0 Å². The van der Waals surface area contributed by atoms with Crippen molar-refractivity contribution in [3.05, 3.63) is 83.9 Å². The van der Waals surface area contributed by atoms with E-state index in [1.807, 2.05) is 29.5 Å². The van der Waals surface area contributed by atoms with Crippen molar-refractivity contribution in [1.29, 1.82) is 0 Å². The SMILES string of the molecule is Clc1ccc2c(c1)oc1cc(-c3cccc4c3sc3ccccc34)ccc12. The van der Waals surface area contributed by atoms with E-state index in [-0.39, 0.29) is 0 Å². The van der Waals surface area contributed by atoms with E-state index >= 15 is 0 Å². The van der Waals surface area contributed by atoms with Gasteiger partial charge in [-0.25, -0.2) is 0 Å². The van der Waals surface area contributed by atoms with E-state index in [9.17, 15) is 0 Å². The summed E-state index contributed by atoms with van der Waals surface area (Å²) in [5.74, 6) is 0. The van der Waals surface area contributed by atoms with Crippen molar-refractivity contribution in [3.63, 3.8) is 0 Å². The maximum atomic E-state index is 6.12. The molecule has 128 valence electrons. The standard InChI is InChI=1S/C24H13ClOS/c25-15-9-11-18-17-10-8-14(12-21(17)26-22(18)13-15)16-5-3-6-20-19-4-1-2-7-23(19)27-24(16)20/h1-13H. The Labute approximate surface area is 164 Å². The Morgan fingerprint density at radius 2 is 1.44 bits per heavy atom. The Bertz CT molecular complexity index is 1490. The maximum Gasteiger partial charge on any atom is 0.136 e. The molecule has 0 N–H and O–H groups in total. The van der Waals surface area contributed by atoms with Gasteiger partial charge >= 0.3 is 0 Å². The van der Waals surface area contributed by atoms with Gasteiger partial charge in [-0.05, 0) is 41.5 Å². The van der Waals surface area contributed by atoms with Crippen LogP contribution in [0.4, 0.5) is 0 Å². The molecule has 0 saturated heterocycles. The molecule has 0 aliphatic rings. The number of furan rings is 1. The summed E-state index contributed by atoms with van der Waals surface area (Å²) in [6, 6.07) is 27.4. The van der Waals surface area contributed by atoms with E-state index in [4.69, 9.17) is 16.0 Å². The number of hydrogen-bond acceptors (Lipinski definition) is 2. The normalized spacial score (nSPS) is 11.9. The van der Waals surface area contributed by atoms with Crippen LogP contribution in [0.5, 0.6) is 0 Å². The minimum atomic E-state index is 0.692. The number of fused-ring (bicyclic) bond motifs is 6. The van der Waals surface area contributed by atoms with Gasteiger partial charge in [0.15, 0.2) is 0 Å². The molecule has 1 nitrogen and oxygen atoms in total. The molecule has 0 aliphatic carbocycles. The molecule has 0 spiro atoms. The fourth-order valence-electron chi connectivity index (χ4n) is 3.89. The highest BCUT2D eigenvalue weighted by atomic mass is 35.5. The summed E-state index contributed by atoms with van der Waals surface area (Å²) in [6.45, 7) is 0. The lowest BCUT2D eigenvalue weighted by molar-refractivity contribution is 0.669. The Hall–Kier alpha value is -2.81. The molecule has 0 bridgehead atoms. The number of halogens is 1. The van der Waals surface area contributed by atoms with Crippen molar-refractivity contribution in [2.45, 2.75) is 0 Å². The predicted molar refractivity (Wildman–Crippen MR) is 117 cm³/mol. The first-order valence-electron chi connectivity index (χ1n) is 8.80. The summed E-state index contributed by atoms with van der Waals surface area (Å²) < 4.78 is 8.72. The molecular formula is C24H13ClOS. The van der Waals surface area contributed by atoms with E-state index in [0.29, 0.717) is 5.02 Å². The van der Waals surface area contributed by atoms with Gasteiger partial charge in [0.25, 0.3) is 0 Å². The predicted octanol–water partition coefficient (Wildman–Crippen LogP) is 8.27. The van der Waals surface area contributed by atoms with Gasteiger partial charge in [0, 0.05) is 42.0 Å². The minimum absolute atomic E-state index is 0.692. The van der Waals surface area contributed by atoms with Gasteiger partial charge in [-0.3, -0.25) is 0 Å². The van der Waals surface area contributed by atoms with Crippen molar-refractivity contribution in [3.8, 4) is 11.1 Å². The fraction of sp³-hybridized carbons (Fsp3) is 0. The first kappa shape index (κ1) is 15.3. The third-order valence-electron chi connectivity index (χ3n) is 5.15. The van der Waals surface area contributed by atoms with Crippen LogP contribution in [0, 0.1) is 0 Å². The molecule has 6 aromatic rings. The van der Waals surface area contributed by atoms with E-state index in [0.717, 1.165) is 21.9 Å². The second-order valence-electron chi connectivity index (χ2n) is 6.73. The average molecular weight is 385 g/mol. The quantitative estimate of drug-likeness (QED) is 0.278. The van der Waals surface area contributed by atoms with E-state index in [1.165, 1.54) is 31.3 Å². The van der Waals surface area contributed by atoms with Gasteiger partial charge in [-0.1, -0.05) is 54.1 Å². The molecule has 6 rings (SSSR count). The van der Waals surface area contributed by atoms with Gasteiger partial charge in [0.1, 0.15) is 11.2 Å². The number of rotatable bonds is 1. The number of hydrogen-bond donors (Lipinski definition) is 0. The van der Waals surface area contributed by atoms with Crippen LogP contribution >= 0.6 is 22.9 Å². The maximum absolute atomic E-state index is 6.12. The molecule has 0 saturated carbocycles. The summed E-state index contributed by atoms with van der Waals surface area (Å²) in [7, 11) is 0. The summed E-state index contributed by atoms with van der Waals surface area (Å²) >= 11 is 7.97. The van der Waals surface area contributed by atoms with Crippen molar-refractivity contribution < 1.29 is 4.42 Å². The summed E-state index contributed by atoms with van der Waals surface area (Å²) in [5.41, 5.74) is 4.14. The topological polar surface area (TPSA) is 13.1 Å². The summed E-state index contributed by atoms with van der Waals surface area (Å²) in [4.78, 5) is 0. The third kappa shape index (κ3) is 2.24. The highest BCUT2D eigenvalue weighted by Crippen LogP contribution is 2.41. The van der Waals surface area contributed by atoms with Gasteiger partial charge < -0.3 is 4.42 Å². The van der Waals surface area contributed by atoms with Crippen LogP contribution in [-0.4, -0.2) is 0 Å². The molecule has 0 amide bonds. The smallest absolute Gasteiger partial charge is 0.136 e. The molecule has 0 atom stereocenters. The zero-order chi connectivity index (χ0) is 18.0. The van der Waals surface area contributed by atoms with Crippen LogP contribution in [-0.2, 0) is 0 Å². The fourth-order valence-corrected chi connectivity index (χ4v) is 5.29. The molecule has 0 fully saturated rings. The second-order valence-corrected chi connectivity index (χ2v) is 8.22. The molecule has 2 aromatic heterocycles. The first-order valence-corrected chi connectivity index (χ1v) is 10.00. The molecule has 2 heterocycles. The Morgan fingerprint density at radius 3 is 2.37 bits per heavy atom. The molecule has 4 aromatic carbocycles. The lowest BCUT2D eigenvalue weighted by Gasteiger charge is -2.03. The van der Waals surface area contributed by atoms with Crippen LogP contribution < -0.4 is 0 Å². The zero-order valence-corrected chi connectivity index (χ0v) is 15.8. The van der Waals surface area contributed by atoms with Crippen molar-refractivity contribution >= 4 is 65.0 Å². The van der Waals surface area contributed by atoms with Gasteiger partial charge in [0.05, 0.1) is 0 Å². The largest absolute Gasteiger partial charge is 0.456 e. The molecule has 0 radical (unpaired) electrons. The minimum Gasteiger partial charge on any atom is -0.456 e. The average Bonchev–Trinajstić information content (AvgIpc) is 3.24. The van der Waals surface area contributed by atoms with Crippen LogP contribution in [0.25, 0.3) is 53.2 Å². The van der Waals surface area contributed by atoms with Gasteiger partial charge in [-0.15, -0.1) is 11.3 Å². The van der Waals surface area contributed by atoms with E-state index in [1.54, 1.807) is 0 Å². The second kappa shape index (κ2) is 5.59. The molecular weight excluding hydrogens is 372 g/mol. The molecule has 27 heavy (non-hydrogen) atoms. The molecule has 0 aliphatic heterocycles. The monoisotopic (exact) mass is 384 g/mol. The molecule has 0 unspecified atom stereocenters. The Morgan fingerprint density at radius 1 is 0.667 bits per heavy atom. The number of thiophene rings is 1. The summed E-state index contributed by atoms with van der Waals surface area (Å²) in [5, 5.41) is 5.54. The highest BCUT2D eigenvalue weighted by Gasteiger charge is 2.12. The van der Waals surface area contributed by atoms with Crippen LogP contribution in [0.1, 0.15) is 0 Å². The van der Waals surface area contributed by atoms with Crippen LogP contribution in [0.15, 0.2) is 83.3 Å². The van der Waals surface area contributed by atoms with E-state index in [2.05, 4.69) is 60.7 Å². The number of benzene rings is 4. The van der Waals surface area contributed by atoms with Gasteiger partial charge in [0.2, 0.25) is 0 Å². The highest BCUT2D eigenvalue weighted by molar-refractivity contribution is 7.26. The van der Waals surface area contributed by atoms with Crippen molar-refractivity contribution in [1.82, 2.24) is 0 Å². The van der Waals surface area contributed by atoms with E-state index < -0.39 is 0 Å². The first-order chi connectivity index (χ1) is 13.3. The Kier molecular flexibility index (Phi) is 3.16. The van der Waals surface area contributed by atoms with Crippen LogP contribution in [0.2, 0.25) is 5.02 Å². The Balaban J connectivity index is 1.64.